The number of carbonyl (C=O) groups excluding carboxylic acids is 1. The number of hydrogen-bond acceptors (Lipinski definition) is 4. The van der Waals surface area contributed by atoms with Crippen molar-refractivity contribution in [1.82, 2.24) is 10.5 Å². The van der Waals surface area contributed by atoms with Gasteiger partial charge in [0.25, 0.3) is 5.91 Å². The van der Waals surface area contributed by atoms with E-state index in [1.807, 2.05) is 0 Å². The Morgan fingerprint density at radius 3 is 2.58 bits per heavy atom. The summed E-state index contributed by atoms with van der Waals surface area (Å²) in [5.41, 5.74) is 0.200. The number of rotatable bonds is 3. The number of amides is 1. The van der Waals surface area contributed by atoms with E-state index in [9.17, 15) is 9.90 Å². The number of hydrogen-bond donors (Lipinski definition) is 2. The number of carbonyl (C=O) groups is 1. The molecule has 0 radical (unpaired) electrons. The van der Waals surface area contributed by atoms with Crippen LogP contribution in [0.4, 0.5) is 0 Å². The molecule has 1 saturated carbocycles. The van der Waals surface area contributed by atoms with Crippen molar-refractivity contribution in [2.24, 2.45) is 5.41 Å². The van der Waals surface area contributed by atoms with Gasteiger partial charge in [-0.05, 0) is 38.0 Å². The van der Waals surface area contributed by atoms with Crippen LogP contribution in [0.15, 0.2) is 10.7 Å². The van der Waals surface area contributed by atoms with Crippen molar-refractivity contribution in [2.75, 3.05) is 6.54 Å². The summed E-state index contributed by atoms with van der Waals surface area (Å²) in [5, 5.41) is 16.8. The van der Waals surface area contributed by atoms with Gasteiger partial charge in [-0.1, -0.05) is 19.0 Å². The quantitative estimate of drug-likeness (QED) is 0.878. The molecule has 1 aromatic rings. The standard InChI is InChI=1S/C14H22N2O3/c1-10-8-16-19-11(10)12(17)15-9-14(18)6-4-13(2,3)5-7-14/h8,18H,4-7,9H2,1-3H3,(H,15,17). The second kappa shape index (κ2) is 4.96. The first kappa shape index (κ1) is 14.1. The molecule has 0 saturated heterocycles. The monoisotopic (exact) mass is 266 g/mol. The summed E-state index contributed by atoms with van der Waals surface area (Å²) in [7, 11) is 0. The van der Waals surface area contributed by atoms with Crippen molar-refractivity contribution in [1.29, 1.82) is 0 Å². The van der Waals surface area contributed by atoms with Crippen molar-refractivity contribution in [2.45, 2.75) is 52.1 Å². The molecule has 0 spiro atoms. The highest BCUT2D eigenvalue weighted by Gasteiger charge is 2.37. The molecule has 2 N–H and O–H groups in total. The maximum absolute atomic E-state index is 11.9. The fourth-order valence-electron chi connectivity index (χ4n) is 2.40. The average molecular weight is 266 g/mol. The molecule has 1 aliphatic carbocycles. The first-order valence-corrected chi connectivity index (χ1v) is 6.73. The van der Waals surface area contributed by atoms with Gasteiger partial charge in [0, 0.05) is 12.1 Å². The van der Waals surface area contributed by atoms with E-state index in [4.69, 9.17) is 4.52 Å². The molecule has 1 heterocycles. The van der Waals surface area contributed by atoms with Crippen molar-refractivity contribution in [3.63, 3.8) is 0 Å². The van der Waals surface area contributed by atoms with Gasteiger partial charge in [0.2, 0.25) is 5.76 Å². The molecule has 106 valence electrons. The Bertz CT molecular complexity index is 455. The first-order valence-electron chi connectivity index (χ1n) is 6.73. The highest BCUT2D eigenvalue weighted by Crippen LogP contribution is 2.39. The lowest BCUT2D eigenvalue weighted by atomic mass is 9.71. The van der Waals surface area contributed by atoms with Gasteiger partial charge in [-0.15, -0.1) is 0 Å². The summed E-state index contributed by atoms with van der Waals surface area (Å²) >= 11 is 0. The summed E-state index contributed by atoms with van der Waals surface area (Å²) in [5.74, 6) is -0.0898. The van der Waals surface area contributed by atoms with Crippen LogP contribution < -0.4 is 5.32 Å². The number of aromatic nitrogens is 1. The Labute approximate surface area is 113 Å². The van der Waals surface area contributed by atoms with Gasteiger partial charge in [-0.25, -0.2) is 0 Å². The van der Waals surface area contributed by atoms with E-state index in [-0.39, 0.29) is 23.6 Å². The Balaban J connectivity index is 1.89. The van der Waals surface area contributed by atoms with E-state index in [2.05, 4.69) is 24.3 Å². The zero-order chi connectivity index (χ0) is 14.1. The SMILES string of the molecule is Cc1cnoc1C(=O)NCC1(O)CCC(C)(C)CC1. The van der Waals surface area contributed by atoms with Crippen LogP contribution in [0.2, 0.25) is 0 Å². The summed E-state index contributed by atoms with van der Waals surface area (Å²) in [6.07, 6.45) is 4.89. The van der Waals surface area contributed by atoms with Gasteiger partial charge in [-0.3, -0.25) is 4.79 Å². The molecule has 5 nitrogen and oxygen atoms in total. The molecule has 1 amide bonds. The largest absolute Gasteiger partial charge is 0.388 e. The molecule has 1 fully saturated rings. The number of aryl methyl sites for hydroxylation is 1. The van der Waals surface area contributed by atoms with E-state index in [1.54, 1.807) is 6.92 Å². The third-order valence-corrected chi connectivity index (χ3v) is 4.07. The minimum Gasteiger partial charge on any atom is -0.388 e. The second-order valence-corrected chi connectivity index (χ2v) is 6.41. The molecule has 0 aromatic carbocycles. The Hall–Kier alpha value is -1.36. The molecular weight excluding hydrogens is 244 g/mol. The van der Waals surface area contributed by atoms with Crippen LogP contribution in [0.25, 0.3) is 0 Å². The van der Waals surface area contributed by atoms with Gasteiger partial charge < -0.3 is 14.9 Å². The zero-order valence-corrected chi connectivity index (χ0v) is 11.8. The van der Waals surface area contributed by atoms with Crippen LogP contribution in [0.3, 0.4) is 0 Å². The van der Waals surface area contributed by atoms with Crippen molar-refractivity contribution in [3.05, 3.63) is 17.5 Å². The summed E-state index contributed by atoms with van der Waals surface area (Å²) < 4.78 is 4.89. The van der Waals surface area contributed by atoms with Crippen LogP contribution in [-0.2, 0) is 0 Å². The Morgan fingerprint density at radius 1 is 1.42 bits per heavy atom. The zero-order valence-electron chi connectivity index (χ0n) is 11.8. The predicted octanol–water partition coefficient (Wildman–Crippen LogP) is 2.04. The van der Waals surface area contributed by atoms with E-state index >= 15 is 0 Å². The second-order valence-electron chi connectivity index (χ2n) is 6.41. The highest BCUT2D eigenvalue weighted by molar-refractivity contribution is 5.92. The number of nitrogens with zero attached hydrogens (tertiary/aromatic N) is 1. The van der Waals surface area contributed by atoms with E-state index in [0.717, 1.165) is 25.7 Å². The molecule has 19 heavy (non-hydrogen) atoms. The minimum atomic E-state index is -0.793. The smallest absolute Gasteiger partial charge is 0.290 e. The van der Waals surface area contributed by atoms with Gasteiger partial charge >= 0.3 is 0 Å². The lowest BCUT2D eigenvalue weighted by Crippen LogP contribution is -2.46. The predicted molar refractivity (Wildman–Crippen MR) is 70.8 cm³/mol. The van der Waals surface area contributed by atoms with E-state index in [1.165, 1.54) is 6.20 Å². The maximum Gasteiger partial charge on any atom is 0.290 e. The van der Waals surface area contributed by atoms with Crippen LogP contribution in [-0.4, -0.2) is 28.3 Å². The summed E-state index contributed by atoms with van der Waals surface area (Å²) in [6.45, 7) is 6.46. The average Bonchev–Trinajstić information content (AvgIpc) is 2.77. The van der Waals surface area contributed by atoms with E-state index < -0.39 is 5.60 Å². The van der Waals surface area contributed by atoms with Crippen LogP contribution in [0.1, 0.15) is 55.6 Å². The molecule has 1 aromatic heterocycles. The third kappa shape index (κ3) is 3.35. The fourth-order valence-corrected chi connectivity index (χ4v) is 2.40. The number of nitrogens with one attached hydrogen (secondary N) is 1. The highest BCUT2D eigenvalue weighted by atomic mass is 16.5. The normalized spacial score (nSPS) is 21.1. The van der Waals surface area contributed by atoms with Gasteiger partial charge in [0.05, 0.1) is 11.8 Å². The van der Waals surface area contributed by atoms with Crippen molar-refractivity contribution < 1.29 is 14.4 Å². The van der Waals surface area contributed by atoms with Gasteiger partial charge in [0.1, 0.15) is 0 Å². The lowest BCUT2D eigenvalue weighted by molar-refractivity contribution is -0.0234. The molecule has 0 bridgehead atoms. The molecule has 0 atom stereocenters. The maximum atomic E-state index is 11.9. The molecule has 2 rings (SSSR count). The van der Waals surface area contributed by atoms with Crippen molar-refractivity contribution >= 4 is 5.91 Å². The minimum absolute atomic E-state index is 0.222. The Kier molecular flexibility index (Phi) is 3.67. The van der Waals surface area contributed by atoms with Crippen molar-refractivity contribution in [3.8, 4) is 0 Å². The Morgan fingerprint density at radius 2 is 2.05 bits per heavy atom. The topological polar surface area (TPSA) is 75.4 Å². The first-order chi connectivity index (χ1) is 8.81. The molecule has 0 aliphatic heterocycles. The molecule has 1 aliphatic rings. The van der Waals surface area contributed by atoms with E-state index in [0.29, 0.717) is 5.56 Å². The number of aliphatic hydroxyl groups is 1. The molecule has 5 heteroatoms. The fraction of sp³-hybridized carbons (Fsp3) is 0.714. The van der Waals surface area contributed by atoms with Crippen LogP contribution in [0.5, 0.6) is 0 Å². The third-order valence-electron chi connectivity index (χ3n) is 4.07. The molecule has 0 unspecified atom stereocenters. The molecular formula is C14H22N2O3. The van der Waals surface area contributed by atoms with Crippen LogP contribution in [0, 0.1) is 12.3 Å². The summed E-state index contributed by atoms with van der Waals surface area (Å²) in [4.78, 5) is 11.9. The lowest BCUT2D eigenvalue weighted by Gasteiger charge is -2.40. The van der Waals surface area contributed by atoms with Crippen LogP contribution >= 0.6 is 0 Å². The van der Waals surface area contributed by atoms with Gasteiger partial charge in [-0.2, -0.15) is 0 Å². The summed E-state index contributed by atoms with van der Waals surface area (Å²) in [6, 6.07) is 0. The van der Waals surface area contributed by atoms with Gasteiger partial charge in [0.15, 0.2) is 0 Å².